The predicted molar refractivity (Wildman–Crippen MR) is 226 cm³/mol. The van der Waals surface area contributed by atoms with Crippen molar-refractivity contribution < 1.29 is 58.0 Å². The average Bonchev–Trinajstić information content (AvgIpc) is 4.02. The van der Waals surface area contributed by atoms with Crippen LogP contribution in [0.3, 0.4) is 0 Å². The van der Waals surface area contributed by atoms with Gasteiger partial charge in [0, 0.05) is 32.0 Å². The summed E-state index contributed by atoms with van der Waals surface area (Å²) in [5, 5.41) is 40.2. The summed E-state index contributed by atoms with van der Waals surface area (Å²) in [6.45, 7) is 22.4. The Hall–Kier alpha value is -1.95. The summed E-state index contributed by atoms with van der Waals surface area (Å²) in [5.41, 5.74) is -4.68. The van der Waals surface area contributed by atoms with E-state index in [-0.39, 0.29) is 30.9 Å². The molecule has 4 N–H and O–H groups in total. The molecule has 1 aromatic carbocycles. The Labute approximate surface area is 359 Å². The largest absolute Gasteiger partial charge is 0.483 e. The second-order valence-corrected chi connectivity index (χ2v) is 19.1. The maximum Gasteiger partial charge on any atom is 0.311 e. The van der Waals surface area contributed by atoms with Crippen molar-refractivity contribution in [3.63, 3.8) is 0 Å². The first-order valence-corrected chi connectivity index (χ1v) is 22.5. The van der Waals surface area contributed by atoms with Gasteiger partial charge in [0.05, 0.1) is 48.6 Å². The van der Waals surface area contributed by atoms with Crippen molar-refractivity contribution in [2.24, 2.45) is 17.8 Å². The summed E-state index contributed by atoms with van der Waals surface area (Å²) in [5.74, 6) is -1.75. The van der Waals surface area contributed by atoms with E-state index in [2.05, 4.69) is 24.1 Å². The SMILES string of the molecule is CCCN1C[C@H](C)C[C@@](C)(O)[C@H](O[C@@H]2O[C@H](C)C[C@H](NC)[C@H]2Oc2ccccc2)[C@@H](C)[C@H](O[C@H]2C[C@@](C)(OC)[C@]3(CO3)[C@H](C)O2)[C@@H](C)C(=O)O[C@H](CC)[C@@](C)(O)[C@H](O)[C@H]1C. The molecule has 0 aliphatic carbocycles. The lowest BCUT2D eigenvalue weighted by molar-refractivity contribution is -0.310. The van der Waals surface area contributed by atoms with Gasteiger partial charge < -0.3 is 58.5 Å². The van der Waals surface area contributed by atoms with Gasteiger partial charge in [0.1, 0.15) is 34.8 Å². The number of carbonyl (C=O) groups is 1. The van der Waals surface area contributed by atoms with Gasteiger partial charge in [0.15, 0.2) is 18.7 Å². The lowest BCUT2D eigenvalue weighted by atomic mass is 9.77. The van der Waals surface area contributed by atoms with E-state index in [1.54, 1.807) is 21.0 Å². The standard InChI is InChI=1S/C46H78N2O12/c1-14-21-48-25-27(3)23-43(9,51)40(60-42-38(34(47-12)22-28(4)55-42)57-33-19-17-16-18-20-33)29(5)37(59-36-24-44(10,53-13)46(26-54-46)32(8)56-36)30(6)41(50)58-35(15-2)45(11,52)39(49)31(48)7/h16-20,27-32,34-40,42,47,49,51-52H,14-15,21-26H2,1-13H3/t27-,28-,29+,30-,31-,32+,34+,35-,36+,37+,38-,39-,40-,42+,43-,44-,45-,46+/m1/s1. The van der Waals surface area contributed by atoms with Crippen LogP contribution in [0.25, 0.3) is 0 Å². The van der Waals surface area contributed by atoms with Crippen LogP contribution in [-0.2, 0) is 38.0 Å². The molecule has 0 aromatic heterocycles. The van der Waals surface area contributed by atoms with Gasteiger partial charge in [-0.1, -0.05) is 45.9 Å². The highest BCUT2D eigenvalue weighted by Gasteiger charge is 2.67. The minimum absolute atomic E-state index is 0.112. The molecule has 4 saturated heterocycles. The molecular formula is C46H78N2O12. The number of epoxide rings is 1. The Balaban J connectivity index is 1.61. The van der Waals surface area contributed by atoms with E-state index >= 15 is 0 Å². The summed E-state index contributed by atoms with van der Waals surface area (Å²) in [6, 6.07) is 8.86. The number of hydrogen-bond donors (Lipinski definition) is 4. The molecule has 0 radical (unpaired) electrons. The van der Waals surface area contributed by atoms with E-state index in [1.165, 1.54) is 6.92 Å². The zero-order chi connectivity index (χ0) is 44.4. The molecule has 0 bridgehead atoms. The van der Waals surface area contributed by atoms with Crippen LogP contribution in [-0.4, -0.2) is 150 Å². The molecule has 344 valence electrons. The van der Waals surface area contributed by atoms with Crippen molar-refractivity contribution in [3.05, 3.63) is 30.3 Å². The number of rotatable bonds is 11. The summed E-state index contributed by atoms with van der Waals surface area (Å²) in [7, 11) is 3.54. The number of likely N-dealkylation sites (N-methyl/N-ethyl adjacent to an activating group) is 1. The Bertz CT molecular complexity index is 1510. The van der Waals surface area contributed by atoms with E-state index in [4.69, 9.17) is 37.9 Å². The number of hydrogen-bond acceptors (Lipinski definition) is 14. The molecule has 4 heterocycles. The Morgan fingerprint density at radius 2 is 1.62 bits per heavy atom. The summed E-state index contributed by atoms with van der Waals surface area (Å²) in [4.78, 5) is 16.7. The molecular weight excluding hydrogens is 773 g/mol. The molecule has 14 nitrogen and oxygen atoms in total. The number of nitrogens with zero attached hydrogens (tertiary/aromatic N) is 1. The molecule has 0 amide bonds. The van der Waals surface area contributed by atoms with Crippen LogP contribution in [0.15, 0.2) is 30.3 Å². The molecule has 14 heteroatoms. The number of aliphatic hydroxyl groups is 3. The topological polar surface area (TPSA) is 170 Å². The zero-order valence-electron chi connectivity index (χ0n) is 38.6. The highest BCUT2D eigenvalue weighted by atomic mass is 16.7. The van der Waals surface area contributed by atoms with Crippen LogP contribution in [0.4, 0.5) is 0 Å². The maximum atomic E-state index is 14.6. The molecule has 4 aliphatic rings. The fourth-order valence-corrected chi connectivity index (χ4v) is 10.4. The number of esters is 1. The molecule has 18 atom stereocenters. The number of aliphatic hydroxyl groups excluding tert-OH is 1. The zero-order valence-corrected chi connectivity index (χ0v) is 38.6. The molecule has 5 rings (SSSR count). The van der Waals surface area contributed by atoms with Crippen LogP contribution in [0.1, 0.15) is 108 Å². The average molecular weight is 851 g/mol. The van der Waals surface area contributed by atoms with Crippen LogP contribution >= 0.6 is 0 Å². The lowest BCUT2D eigenvalue weighted by Gasteiger charge is -2.49. The van der Waals surface area contributed by atoms with Crippen molar-refractivity contribution in [1.29, 1.82) is 0 Å². The quantitative estimate of drug-likeness (QED) is 0.176. The van der Waals surface area contributed by atoms with Crippen LogP contribution in [0.5, 0.6) is 5.75 Å². The van der Waals surface area contributed by atoms with Crippen molar-refractivity contribution in [2.45, 2.75) is 198 Å². The Kier molecular flexibility index (Phi) is 16.2. The Morgan fingerprint density at radius 1 is 0.950 bits per heavy atom. The first-order valence-electron chi connectivity index (χ1n) is 22.5. The number of cyclic esters (lactones) is 1. The molecule has 1 spiro atoms. The smallest absolute Gasteiger partial charge is 0.311 e. The lowest BCUT2D eigenvalue weighted by Crippen LogP contribution is -2.62. The second-order valence-electron chi connectivity index (χ2n) is 19.1. The van der Waals surface area contributed by atoms with E-state index in [9.17, 15) is 20.1 Å². The normalized spacial score (nSPS) is 46.3. The van der Waals surface area contributed by atoms with Crippen molar-refractivity contribution in [3.8, 4) is 5.75 Å². The summed E-state index contributed by atoms with van der Waals surface area (Å²) >= 11 is 0. The summed E-state index contributed by atoms with van der Waals surface area (Å²) in [6.07, 6.45) is -4.91. The number of benzene rings is 1. The Morgan fingerprint density at radius 3 is 2.20 bits per heavy atom. The van der Waals surface area contributed by atoms with Gasteiger partial charge in [0.25, 0.3) is 0 Å². The minimum atomic E-state index is -1.79. The monoisotopic (exact) mass is 851 g/mol. The minimum Gasteiger partial charge on any atom is -0.483 e. The van der Waals surface area contributed by atoms with Crippen LogP contribution in [0, 0.1) is 17.8 Å². The van der Waals surface area contributed by atoms with E-state index in [0.717, 1.165) is 6.42 Å². The van der Waals surface area contributed by atoms with Gasteiger partial charge in [-0.2, -0.15) is 0 Å². The molecule has 4 aliphatic heterocycles. The molecule has 4 fully saturated rings. The maximum absolute atomic E-state index is 14.6. The third-order valence-corrected chi connectivity index (χ3v) is 14.2. The molecule has 0 saturated carbocycles. The number of carbonyl (C=O) groups excluding carboxylic acids is 1. The highest BCUT2D eigenvalue weighted by molar-refractivity contribution is 5.73. The third kappa shape index (κ3) is 10.4. The highest BCUT2D eigenvalue weighted by Crippen LogP contribution is 2.51. The van der Waals surface area contributed by atoms with Gasteiger partial charge in [-0.3, -0.25) is 9.69 Å². The van der Waals surface area contributed by atoms with Gasteiger partial charge in [-0.25, -0.2) is 0 Å². The number of nitrogens with one attached hydrogen (secondary N) is 1. The first kappa shape index (κ1) is 49.1. The molecule has 1 aromatic rings. The van der Waals surface area contributed by atoms with Gasteiger partial charge >= 0.3 is 5.97 Å². The number of methoxy groups -OCH3 is 1. The van der Waals surface area contributed by atoms with Crippen LogP contribution in [0.2, 0.25) is 0 Å². The molecule has 0 unspecified atom stereocenters. The fraction of sp³-hybridized carbons (Fsp3) is 0.848. The number of ether oxygens (including phenoxy) is 8. The van der Waals surface area contributed by atoms with Crippen LogP contribution < -0.4 is 10.1 Å². The van der Waals surface area contributed by atoms with Crippen molar-refractivity contribution in [2.75, 3.05) is 33.9 Å². The van der Waals surface area contributed by atoms with E-state index < -0.39 is 95.5 Å². The van der Waals surface area contributed by atoms with E-state index in [0.29, 0.717) is 38.3 Å². The number of para-hydroxylation sites is 1. The third-order valence-electron chi connectivity index (χ3n) is 14.2. The van der Waals surface area contributed by atoms with Gasteiger partial charge in [-0.05, 0) is 106 Å². The summed E-state index contributed by atoms with van der Waals surface area (Å²) < 4.78 is 52.1. The van der Waals surface area contributed by atoms with Gasteiger partial charge in [-0.15, -0.1) is 0 Å². The molecule has 60 heavy (non-hydrogen) atoms. The fourth-order valence-electron chi connectivity index (χ4n) is 10.4. The first-order chi connectivity index (χ1) is 28.2. The second kappa shape index (κ2) is 19.8. The van der Waals surface area contributed by atoms with Crippen molar-refractivity contribution >= 4 is 5.97 Å². The predicted octanol–water partition coefficient (Wildman–Crippen LogP) is 4.83. The van der Waals surface area contributed by atoms with E-state index in [1.807, 2.05) is 78.9 Å². The van der Waals surface area contributed by atoms with Gasteiger partial charge in [0.2, 0.25) is 0 Å². The van der Waals surface area contributed by atoms with Crippen molar-refractivity contribution in [1.82, 2.24) is 10.2 Å².